The Kier molecular flexibility index (Phi) is 4.07. The lowest BCUT2D eigenvalue weighted by Gasteiger charge is -2.30. The van der Waals surface area contributed by atoms with Crippen LogP contribution in [0.25, 0.3) is 0 Å². The zero-order valence-electron chi connectivity index (χ0n) is 9.73. The molecule has 0 bridgehead atoms. The SMILES string of the molecule is CC(=O)O.CC1(O)CCCc2ccccc21. The van der Waals surface area contributed by atoms with Crippen LogP contribution in [0.2, 0.25) is 0 Å². The summed E-state index contributed by atoms with van der Waals surface area (Å²) in [5.74, 6) is -0.833. The lowest BCUT2D eigenvalue weighted by Crippen LogP contribution is -2.26. The number of carboxylic acids is 1. The summed E-state index contributed by atoms with van der Waals surface area (Å²) in [6.07, 6.45) is 3.11. The van der Waals surface area contributed by atoms with Crippen molar-refractivity contribution in [2.45, 2.75) is 38.7 Å². The van der Waals surface area contributed by atoms with E-state index in [0.29, 0.717) is 0 Å². The summed E-state index contributed by atoms with van der Waals surface area (Å²) >= 11 is 0. The number of rotatable bonds is 0. The van der Waals surface area contributed by atoms with Gasteiger partial charge in [0.05, 0.1) is 5.60 Å². The molecule has 3 heteroatoms. The summed E-state index contributed by atoms with van der Waals surface area (Å²) < 4.78 is 0. The zero-order chi connectivity index (χ0) is 12.2. The molecule has 1 aliphatic carbocycles. The van der Waals surface area contributed by atoms with Gasteiger partial charge in [-0.05, 0) is 37.3 Å². The topological polar surface area (TPSA) is 57.5 Å². The predicted molar refractivity (Wildman–Crippen MR) is 62.3 cm³/mol. The van der Waals surface area contributed by atoms with Crippen LogP contribution in [-0.2, 0) is 16.8 Å². The van der Waals surface area contributed by atoms with E-state index in [1.807, 2.05) is 25.1 Å². The van der Waals surface area contributed by atoms with Crippen LogP contribution in [0.15, 0.2) is 24.3 Å². The average Bonchev–Trinajstić information content (AvgIpc) is 2.16. The fourth-order valence-corrected chi connectivity index (χ4v) is 2.02. The van der Waals surface area contributed by atoms with E-state index in [-0.39, 0.29) is 0 Å². The van der Waals surface area contributed by atoms with Gasteiger partial charge in [-0.15, -0.1) is 0 Å². The van der Waals surface area contributed by atoms with Crippen LogP contribution in [0.5, 0.6) is 0 Å². The summed E-state index contributed by atoms with van der Waals surface area (Å²) in [5.41, 5.74) is 1.85. The Morgan fingerprint density at radius 2 is 1.94 bits per heavy atom. The van der Waals surface area contributed by atoms with Crippen molar-refractivity contribution in [1.29, 1.82) is 0 Å². The Hall–Kier alpha value is -1.35. The van der Waals surface area contributed by atoms with E-state index >= 15 is 0 Å². The van der Waals surface area contributed by atoms with E-state index in [9.17, 15) is 5.11 Å². The van der Waals surface area contributed by atoms with Crippen LogP contribution in [0.1, 0.15) is 37.8 Å². The Morgan fingerprint density at radius 3 is 2.50 bits per heavy atom. The summed E-state index contributed by atoms with van der Waals surface area (Å²) in [4.78, 5) is 9.00. The number of carbonyl (C=O) groups is 1. The number of aryl methyl sites for hydroxylation is 1. The van der Waals surface area contributed by atoms with Gasteiger partial charge < -0.3 is 10.2 Å². The lowest BCUT2D eigenvalue weighted by atomic mass is 9.80. The first kappa shape index (κ1) is 12.7. The number of fused-ring (bicyclic) bond motifs is 1. The summed E-state index contributed by atoms with van der Waals surface area (Å²) in [5, 5.41) is 17.4. The third-order valence-corrected chi connectivity index (χ3v) is 2.71. The predicted octanol–water partition coefficient (Wildman–Crippen LogP) is 2.32. The van der Waals surface area contributed by atoms with E-state index in [1.54, 1.807) is 0 Å². The van der Waals surface area contributed by atoms with Gasteiger partial charge in [-0.25, -0.2) is 0 Å². The third kappa shape index (κ3) is 3.35. The van der Waals surface area contributed by atoms with Gasteiger partial charge in [0.15, 0.2) is 0 Å². The van der Waals surface area contributed by atoms with E-state index in [4.69, 9.17) is 9.90 Å². The smallest absolute Gasteiger partial charge is 0.300 e. The molecule has 2 rings (SSSR count). The molecule has 16 heavy (non-hydrogen) atoms. The van der Waals surface area contributed by atoms with Crippen LogP contribution in [0.4, 0.5) is 0 Å². The Bertz CT molecular complexity index is 365. The number of benzene rings is 1. The molecule has 1 aromatic rings. The first-order valence-corrected chi connectivity index (χ1v) is 5.44. The molecule has 0 spiro atoms. The van der Waals surface area contributed by atoms with Crippen molar-refractivity contribution >= 4 is 5.97 Å². The van der Waals surface area contributed by atoms with Gasteiger partial charge in [-0.3, -0.25) is 4.79 Å². The second-order valence-corrected chi connectivity index (χ2v) is 4.30. The van der Waals surface area contributed by atoms with Gasteiger partial charge in [0.2, 0.25) is 0 Å². The first-order valence-electron chi connectivity index (χ1n) is 5.44. The Morgan fingerprint density at radius 1 is 1.38 bits per heavy atom. The normalized spacial score (nSPS) is 22.7. The maximum absolute atomic E-state index is 10.0. The molecule has 0 aromatic heterocycles. The van der Waals surface area contributed by atoms with Crippen molar-refractivity contribution in [1.82, 2.24) is 0 Å². The van der Waals surface area contributed by atoms with Gasteiger partial charge in [0.1, 0.15) is 0 Å². The molecule has 1 atom stereocenters. The molecule has 0 radical (unpaired) electrons. The van der Waals surface area contributed by atoms with Crippen LogP contribution in [0, 0.1) is 0 Å². The van der Waals surface area contributed by atoms with Crippen molar-refractivity contribution in [3.63, 3.8) is 0 Å². The highest BCUT2D eigenvalue weighted by molar-refractivity contribution is 5.62. The van der Waals surface area contributed by atoms with Gasteiger partial charge >= 0.3 is 0 Å². The Labute approximate surface area is 95.7 Å². The van der Waals surface area contributed by atoms with Gasteiger partial charge in [-0.2, -0.15) is 0 Å². The van der Waals surface area contributed by atoms with E-state index in [2.05, 4.69) is 6.07 Å². The molecular formula is C13H18O3. The minimum Gasteiger partial charge on any atom is -0.481 e. The fraction of sp³-hybridized carbons (Fsp3) is 0.462. The molecule has 2 N–H and O–H groups in total. The second kappa shape index (κ2) is 5.12. The maximum Gasteiger partial charge on any atom is 0.300 e. The third-order valence-electron chi connectivity index (χ3n) is 2.71. The summed E-state index contributed by atoms with van der Waals surface area (Å²) in [6.45, 7) is 2.99. The molecule has 1 aromatic carbocycles. The highest BCUT2D eigenvalue weighted by atomic mass is 16.4. The Balaban J connectivity index is 0.000000280. The molecule has 0 aliphatic heterocycles. The number of aliphatic hydroxyl groups is 1. The lowest BCUT2D eigenvalue weighted by molar-refractivity contribution is -0.134. The number of hydrogen-bond acceptors (Lipinski definition) is 2. The molecule has 0 amide bonds. The first-order chi connectivity index (χ1) is 7.43. The van der Waals surface area contributed by atoms with E-state index in [1.165, 1.54) is 5.56 Å². The summed E-state index contributed by atoms with van der Waals surface area (Å²) in [7, 11) is 0. The molecule has 1 aliphatic rings. The standard InChI is InChI=1S/C11H14O.C2H4O2/c1-11(12)8-4-6-9-5-2-3-7-10(9)11;1-2(3)4/h2-3,5,7,12H,4,6,8H2,1H3;1H3,(H,3,4). The minimum absolute atomic E-state index is 0.588. The monoisotopic (exact) mass is 222 g/mol. The van der Waals surface area contributed by atoms with E-state index in [0.717, 1.165) is 31.7 Å². The van der Waals surface area contributed by atoms with Crippen molar-refractivity contribution in [3.8, 4) is 0 Å². The quantitative estimate of drug-likeness (QED) is 0.708. The van der Waals surface area contributed by atoms with Crippen molar-refractivity contribution in [2.24, 2.45) is 0 Å². The molecule has 0 fully saturated rings. The van der Waals surface area contributed by atoms with Crippen LogP contribution >= 0.6 is 0 Å². The van der Waals surface area contributed by atoms with Gasteiger partial charge in [0.25, 0.3) is 5.97 Å². The van der Waals surface area contributed by atoms with Crippen molar-refractivity contribution in [3.05, 3.63) is 35.4 Å². The molecule has 88 valence electrons. The van der Waals surface area contributed by atoms with Crippen molar-refractivity contribution in [2.75, 3.05) is 0 Å². The molecular weight excluding hydrogens is 204 g/mol. The van der Waals surface area contributed by atoms with Crippen LogP contribution in [-0.4, -0.2) is 16.2 Å². The van der Waals surface area contributed by atoms with Crippen LogP contribution < -0.4 is 0 Å². The largest absolute Gasteiger partial charge is 0.481 e. The summed E-state index contributed by atoms with van der Waals surface area (Å²) in [6, 6.07) is 8.19. The molecule has 3 nitrogen and oxygen atoms in total. The molecule has 0 saturated carbocycles. The van der Waals surface area contributed by atoms with Gasteiger partial charge in [0, 0.05) is 6.92 Å². The van der Waals surface area contributed by atoms with Crippen LogP contribution in [0.3, 0.4) is 0 Å². The van der Waals surface area contributed by atoms with Gasteiger partial charge in [-0.1, -0.05) is 24.3 Å². The molecule has 0 saturated heterocycles. The fourth-order valence-electron chi connectivity index (χ4n) is 2.02. The number of carboxylic acid groups (broad SMARTS) is 1. The number of aliphatic carboxylic acids is 1. The highest BCUT2D eigenvalue weighted by Gasteiger charge is 2.28. The molecule has 1 unspecified atom stereocenters. The maximum atomic E-state index is 10.0. The minimum atomic E-state index is -0.833. The molecule has 0 heterocycles. The van der Waals surface area contributed by atoms with Crippen molar-refractivity contribution < 1.29 is 15.0 Å². The average molecular weight is 222 g/mol. The van der Waals surface area contributed by atoms with E-state index < -0.39 is 11.6 Å². The highest BCUT2D eigenvalue weighted by Crippen LogP contribution is 2.34. The second-order valence-electron chi connectivity index (χ2n) is 4.30. The zero-order valence-corrected chi connectivity index (χ0v) is 9.73. The number of hydrogen-bond donors (Lipinski definition) is 2.